The third-order valence-corrected chi connectivity index (χ3v) is 6.17. The first kappa shape index (κ1) is 17.2. The highest BCUT2D eigenvalue weighted by Crippen LogP contribution is 2.45. The highest BCUT2D eigenvalue weighted by Gasteiger charge is 2.39. The monoisotopic (exact) mass is 392 g/mol. The van der Waals surface area contributed by atoms with Gasteiger partial charge in [-0.3, -0.25) is 14.3 Å². The van der Waals surface area contributed by atoms with Crippen LogP contribution in [-0.4, -0.2) is 20.3 Å². The fourth-order valence-corrected chi connectivity index (χ4v) is 4.84. The van der Waals surface area contributed by atoms with Gasteiger partial charge in [-0.2, -0.15) is 0 Å². The van der Waals surface area contributed by atoms with Gasteiger partial charge in [0, 0.05) is 30.1 Å². The van der Waals surface area contributed by atoms with E-state index >= 15 is 0 Å². The van der Waals surface area contributed by atoms with Gasteiger partial charge in [-0.05, 0) is 41.7 Å². The molecule has 1 N–H and O–H groups in total. The average molecular weight is 392 g/mol. The molecule has 0 bridgehead atoms. The Balaban J connectivity index is 1.54. The molecule has 6 rings (SSSR count). The molecule has 0 saturated carbocycles. The molecule has 2 atom stereocenters. The summed E-state index contributed by atoms with van der Waals surface area (Å²) in [6.45, 7) is 0. The van der Waals surface area contributed by atoms with E-state index in [0.29, 0.717) is 6.42 Å². The summed E-state index contributed by atoms with van der Waals surface area (Å²) in [6.07, 6.45) is 4.94. The number of hydrogen-bond acceptors (Lipinski definition) is 4. The zero-order chi connectivity index (χ0) is 20.1. The van der Waals surface area contributed by atoms with Crippen LogP contribution in [0.15, 0.2) is 90.4 Å². The first-order chi connectivity index (χ1) is 14.8. The standard InChI is InChI=1S/C25H20N4O/c30-22-14-18(16-7-2-1-3-8-16)13-20-23(22)24(17-9-6-12-26-15-17)29-21-11-5-4-10-19(21)27-25(29)28-20/h1-12,15,18,24H,13-14H2,(H,27,28)/t18-,24+/m0/s1. The van der Waals surface area contributed by atoms with E-state index in [2.05, 4.69) is 33.1 Å². The molecular formula is C25H20N4O. The van der Waals surface area contributed by atoms with Gasteiger partial charge in [-0.15, -0.1) is 0 Å². The van der Waals surface area contributed by atoms with Crippen LogP contribution >= 0.6 is 0 Å². The highest BCUT2D eigenvalue weighted by atomic mass is 16.1. The first-order valence-corrected chi connectivity index (χ1v) is 10.2. The number of ketones is 1. The van der Waals surface area contributed by atoms with Crippen LogP contribution in [0, 0.1) is 0 Å². The SMILES string of the molecule is O=C1C[C@@H](c2ccccc2)CC2=C1[C@@H](c1cccnc1)n1c(nc3ccccc31)N2. The second-order valence-corrected chi connectivity index (χ2v) is 7.94. The van der Waals surface area contributed by atoms with Crippen molar-refractivity contribution in [3.8, 4) is 0 Å². The number of nitrogens with one attached hydrogen (secondary N) is 1. The topological polar surface area (TPSA) is 59.8 Å². The Labute approximate surface area is 174 Å². The molecule has 0 fully saturated rings. The number of para-hydroxylation sites is 2. The van der Waals surface area contributed by atoms with Gasteiger partial charge in [0.1, 0.15) is 0 Å². The number of hydrogen-bond donors (Lipinski definition) is 1. The van der Waals surface area contributed by atoms with E-state index in [1.54, 1.807) is 6.20 Å². The maximum absolute atomic E-state index is 13.5. The van der Waals surface area contributed by atoms with Gasteiger partial charge < -0.3 is 5.32 Å². The van der Waals surface area contributed by atoms with Crippen molar-refractivity contribution >= 4 is 22.8 Å². The number of anilines is 1. The van der Waals surface area contributed by atoms with Gasteiger partial charge in [-0.25, -0.2) is 4.98 Å². The number of fused-ring (bicyclic) bond motifs is 3. The smallest absolute Gasteiger partial charge is 0.209 e. The number of imidazole rings is 1. The summed E-state index contributed by atoms with van der Waals surface area (Å²) in [5, 5.41) is 3.51. The quantitative estimate of drug-likeness (QED) is 0.530. The number of carbonyl (C=O) groups excluding carboxylic acids is 1. The lowest BCUT2D eigenvalue weighted by molar-refractivity contribution is -0.116. The van der Waals surface area contributed by atoms with Crippen molar-refractivity contribution in [2.24, 2.45) is 0 Å². The molecule has 2 aromatic carbocycles. The van der Waals surface area contributed by atoms with Crippen molar-refractivity contribution in [3.05, 3.63) is 102 Å². The molecule has 0 unspecified atom stereocenters. The van der Waals surface area contributed by atoms with E-state index in [1.165, 1.54) is 5.56 Å². The van der Waals surface area contributed by atoms with E-state index in [-0.39, 0.29) is 17.7 Å². The third kappa shape index (κ3) is 2.59. The fourth-order valence-electron chi connectivity index (χ4n) is 4.84. The Kier molecular flexibility index (Phi) is 3.81. The Morgan fingerprint density at radius 3 is 2.53 bits per heavy atom. The number of rotatable bonds is 2. The van der Waals surface area contributed by atoms with Crippen molar-refractivity contribution in [2.45, 2.75) is 24.8 Å². The number of aromatic nitrogens is 3. The van der Waals surface area contributed by atoms with E-state index < -0.39 is 0 Å². The third-order valence-electron chi connectivity index (χ3n) is 6.17. The average Bonchev–Trinajstić information content (AvgIpc) is 3.17. The van der Waals surface area contributed by atoms with Crippen LogP contribution in [0.2, 0.25) is 0 Å². The number of carbonyl (C=O) groups is 1. The molecule has 0 radical (unpaired) electrons. The zero-order valence-corrected chi connectivity index (χ0v) is 16.3. The van der Waals surface area contributed by atoms with E-state index in [9.17, 15) is 4.79 Å². The summed E-state index contributed by atoms with van der Waals surface area (Å²) in [4.78, 5) is 22.7. The predicted octanol–water partition coefficient (Wildman–Crippen LogP) is 4.85. The number of Topliss-reactive ketones (excluding diaryl/α,β-unsaturated/α-hetero) is 1. The van der Waals surface area contributed by atoms with E-state index in [4.69, 9.17) is 4.98 Å². The Morgan fingerprint density at radius 2 is 1.70 bits per heavy atom. The number of nitrogens with zero attached hydrogens (tertiary/aromatic N) is 3. The molecule has 4 aromatic rings. The van der Waals surface area contributed by atoms with Gasteiger partial charge in [-0.1, -0.05) is 48.5 Å². The molecule has 5 heteroatoms. The lowest BCUT2D eigenvalue weighted by atomic mass is 9.78. The normalized spacial score (nSPS) is 20.6. The van der Waals surface area contributed by atoms with Crippen molar-refractivity contribution in [1.82, 2.24) is 14.5 Å². The van der Waals surface area contributed by atoms with Crippen LogP contribution in [0.25, 0.3) is 11.0 Å². The number of pyridine rings is 1. The molecular weight excluding hydrogens is 372 g/mol. The molecule has 0 amide bonds. The van der Waals surface area contributed by atoms with Crippen LogP contribution in [0.4, 0.5) is 5.95 Å². The van der Waals surface area contributed by atoms with Gasteiger partial charge in [0.2, 0.25) is 5.95 Å². The Morgan fingerprint density at radius 1 is 0.900 bits per heavy atom. The minimum atomic E-state index is -0.221. The summed E-state index contributed by atoms with van der Waals surface area (Å²) in [7, 11) is 0. The van der Waals surface area contributed by atoms with Gasteiger partial charge in [0.25, 0.3) is 0 Å². The summed E-state index contributed by atoms with van der Waals surface area (Å²) in [5.41, 5.74) is 5.96. The van der Waals surface area contributed by atoms with Crippen LogP contribution in [0.5, 0.6) is 0 Å². The minimum Gasteiger partial charge on any atom is -0.329 e. The summed E-state index contributed by atoms with van der Waals surface area (Å²) >= 11 is 0. The summed E-state index contributed by atoms with van der Waals surface area (Å²) in [5.74, 6) is 1.15. The van der Waals surface area contributed by atoms with Crippen LogP contribution in [0.1, 0.15) is 35.9 Å². The molecule has 0 saturated heterocycles. The molecule has 146 valence electrons. The van der Waals surface area contributed by atoms with E-state index in [1.807, 2.05) is 54.7 Å². The zero-order valence-electron chi connectivity index (χ0n) is 16.3. The molecule has 5 nitrogen and oxygen atoms in total. The Hall–Kier alpha value is -3.73. The lowest BCUT2D eigenvalue weighted by Crippen LogP contribution is -2.33. The Bertz CT molecular complexity index is 1290. The van der Waals surface area contributed by atoms with Gasteiger partial charge >= 0.3 is 0 Å². The summed E-state index contributed by atoms with van der Waals surface area (Å²) in [6, 6.07) is 22.1. The first-order valence-electron chi connectivity index (χ1n) is 10.2. The second kappa shape index (κ2) is 6.66. The predicted molar refractivity (Wildman–Crippen MR) is 116 cm³/mol. The minimum absolute atomic E-state index is 0.176. The molecule has 1 aliphatic heterocycles. The van der Waals surface area contributed by atoms with Crippen molar-refractivity contribution in [2.75, 3.05) is 5.32 Å². The van der Waals surface area contributed by atoms with Crippen LogP contribution < -0.4 is 5.32 Å². The maximum atomic E-state index is 13.5. The van der Waals surface area contributed by atoms with Gasteiger partial charge in [0.05, 0.1) is 17.1 Å². The lowest BCUT2D eigenvalue weighted by Gasteiger charge is -2.36. The van der Waals surface area contributed by atoms with Crippen molar-refractivity contribution in [1.29, 1.82) is 0 Å². The van der Waals surface area contributed by atoms with Crippen LogP contribution in [0.3, 0.4) is 0 Å². The molecule has 1 aliphatic carbocycles. The summed E-state index contributed by atoms with van der Waals surface area (Å²) < 4.78 is 2.14. The molecule has 30 heavy (non-hydrogen) atoms. The van der Waals surface area contributed by atoms with Crippen molar-refractivity contribution < 1.29 is 4.79 Å². The van der Waals surface area contributed by atoms with Crippen molar-refractivity contribution in [3.63, 3.8) is 0 Å². The number of benzene rings is 2. The maximum Gasteiger partial charge on any atom is 0.209 e. The van der Waals surface area contributed by atoms with Gasteiger partial charge in [0.15, 0.2) is 5.78 Å². The van der Waals surface area contributed by atoms with Crippen LogP contribution in [-0.2, 0) is 4.79 Å². The molecule has 2 aliphatic rings. The fraction of sp³-hybridized carbons (Fsp3) is 0.160. The molecule has 3 heterocycles. The number of allylic oxidation sites excluding steroid dienone is 2. The second-order valence-electron chi connectivity index (χ2n) is 7.94. The largest absolute Gasteiger partial charge is 0.329 e. The molecule has 2 aromatic heterocycles. The highest BCUT2D eigenvalue weighted by molar-refractivity contribution is 6.01. The van der Waals surface area contributed by atoms with E-state index in [0.717, 1.165) is 40.2 Å². The molecule has 0 spiro atoms.